The molecule has 0 radical (unpaired) electrons. The van der Waals surface area contributed by atoms with Gasteiger partial charge in [0.25, 0.3) is 5.91 Å². The second kappa shape index (κ2) is 5.61. The molecule has 0 spiro atoms. The van der Waals surface area contributed by atoms with Crippen LogP contribution in [0.25, 0.3) is 0 Å². The lowest BCUT2D eigenvalue weighted by atomic mass is 10.1. The number of ether oxygens (including phenoxy) is 2. The smallest absolute Gasteiger partial charge is 0.267 e. The Morgan fingerprint density at radius 1 is 1.30 bits per heavy atom. The van der Waals surface area contributed by atoms with Crippen LogP contribution in [0.2, 0.25) is 0 Å². The van der Waals surface area contributed by atoms with Crippen LogP contribution < -0.4 is 9.47 Å². The van der Waals surface area contributed by atoms with Gasteiger partial charge in [0.2, 0.25) is 6.10 Å². The molecule has 1 fully saturated rings. The minimum atomic E-state index is -0.581. The normalized spacial score (nSPS) is 23.1. The van der Waals surface area contributed by atoms with E-state index in [0.29, 0.717) is 11.5 Å². The van der Waals surface area contributed by atoms with Gasteiger partial charge in [-0.2, -0.15) is 5.10 Å². The van der Waals surface area contributed by atoms with Gasteiger partial charge in [-0.25, -0.2) is 0 Å². The summed E-state index contributed by atoms with van der Waals surface area (Å²) in [4.78, 5) is 14.8. The quantitative estimate of drug-likeness (QED) is 0.850. The molecule has 4 rings (SSSR count). The summed E-state index contributed by atoms with van der Waals surface area (Å²) in [6.45, 7) is 1.01. The molecule has 6 heteroatoms. The third-order valence-electron chi connectivity index (χ3n) is 4.43. The summed E-state index contributed by atoms with van der Waals surface area (Å²) in [5.41, 5.74) is 1.08. The number of likely N-dealkylation sites (tertiary alicyclic amines) is 1. The fourth-order valence-corrected chi connectivity index (χ4v) is 3.32. The Morgan fingerprint density at radius 3 is 2.91 bits per heavy atom. The van der Waals surface area contributed by atoms with Crippen LogP contribution in [0.15, 0.2) is 36.7 Å². The first-order valence-electron chi connectivity index (χ1n) is 7.90. The van der Waals surface area contributed by atoms with Crippen molar-refractivity contribution in [1.82, 2.24) is 14.7 Å². The molecule has 2 aromatic rings. The summed E-state index contributed by atoms with van der Waals surface area (Å²) in [5, 5.41) is 4.22. The summed E-state index contributed by atoms with van der Waals surface area (Å²) in [5.74, 6) is 1.32. The van der Waals surface area contributed by atoms with Crippen molar-refractivity contribution in [3.8, 4) is 11.5 Å². The van der Waals surface area contributed by atoms with E-state index in [1.165, 1.54) is 0 Å². The van der Waals surface area contributed by atoms with Crippen molar-refractivity contribution in [2.75, 3.05) is 13.2 Å². The lowest BCUT2D eigenvalue weighted by molar-refractivity contribution is -0.142. The van der Waals surface area contributed by atoms with Gasteiger partial charge >= 0.3 is 0 Å². The lowest BCUT2D eigenvalue weighted by Crippen LogP contribution is -2.46. The molecular formula is C17H19N3O3. The molecular weight excluding hydrogens is 294 g/mol. The molecule has 1 saturated heterocycles. The number of carbonyl (C=O) groups is 1. The zero-order valence-electron chi connectivity index (χ0n) is 13.0. The Balaban J connectivity index is 1.52. The van der Waals surface area contributed by atoms with Crippen molar-refractivity contribution >= 4 is 5.91 Å². The van der Waals surface area contributed by atoms with E-state index in [1.54, 1.807) is 4.68 Å². The van der Waals surface area contributed by atoms with Gasteiger partial charge in [-0.1, -0.05) is 12.1 Å². The van der Waals surface area contributed by atoms with Crippen molar-refractivity contribution in [2.24, 2.45) is 7.05 Å². The Labute approximate surface area is 134 Å². The largest absolute Gasteiger partial charge is 0.485 e. The summed E-state index contributed by atoms with van der Waals surface area (Å²) >= 11 is 0. The van der Waals surface area contributed by atoms with E-state index in [-0.39, 0.29) is 18.6 Å². The maximum absolute atomic E-state index is 12.9. The molecule has 2 aliphatic rings. The van der Waals surface area contributed by atoms with Crippen LogP contribution in [-0.4, -0.2) is 39.8 Å². The van der Waals surface area contributed by atoms with E-state index in [9.17, 15) is 4.79 Å². The highest BCUT2D eigenvalue weighted by Gasteiger charge is 2.37. The number of amides is 1. The van der Waals surface area contributed by atoms with E-state index in [0.717, 1.165) is 24.9 Å². The molecule has 2 aliphatic heterocycles. The number of benzene rings is 1. The van der Waals surface area contributed by atoms with Crippen LogP contribution in [0.4, 0.5) is 0 Å². The van der Waals surface area contributed by atoms with Crippen LogP contribution in [0.5, 0.6) is 11.5 Å². The number of aromatic nitrogens is 2. The fraction of sp³-hybridized carbons (Fsp3) is 0.412. The number of hydrogen-bond acceptors (Lipinski definition) is 4. The second-order valence-corrected chi connectivity index (χ2v) is 6.00. The van der Waals surface area contributed by atoms with Crippen LogP contribution in [0.1, 0.15) is 24.4 Å². The van der Waals surface area contributed by atoms with E-state index in [2.05, 4.69) is 5.10 Å². The maximum Gasteiger partial charge on any atom is 0.267 e. The van der Waals surface area contributed by atoms with Crippen LogP contribution in [0, 0.1) is 0 Å². The minimum Gasteiger partial charge on any atom is -0.485 e. The minimum absolute atomic E-state index is 0.00847. The Kier molecular flexibility index (Phi) is 3.44. The van der Waals surface area contributed by atoms with Crippen LogP contribution in [0.3, 0.4) is 0 Å². The monoisotopic (exact) mass is 313 g/mol. The van der Waals surface area contributed by atoms with Crippen LogP contribution in [-0.2, 0) is 11.8 Å². The SMILES string of the molecule is Cn1cc([C@@H]2CCCN2C(=O)[C@@H]2COc3ccccc3O2)cn1. The Morgan fingerprint density at radius 2 is 2.13 bits per heavy atom. The fourth-order valence-electron chi connectivity index (χ4n) is 3.32. The highest BCUT2D eigenvalue weighted by Crippen LogP contribution is 2.35. The van der Waals surface area contributed by atoms with Crippen molar-refractivity contribution < 1.29 is 14.3 Å². The number of fused-ring (bicyclic) bond motifs is 1. The number of hydrogen-bond donors (Lipinski definition) is 0. The number of rotatable bonds is 2. The molecule has 2 atom stereocenters. The third-order valence-corrected chi connectivity index (χ3v) is 4.43. The molecule has 0 saturated carbocycles. The molecule has 3 heterocycles. The Hall–Kier alpha value is -2.50. The molecule has 1 amide bonds. The molecule has 1 aromatic heterocycles. The Bertz CT molecular complexity index is 727. The van der Waals surface area contributed by atoms with Crippen molar-refractivity contribution in [3.05, 3.63) is 42.2 Å². The van der Waals surface area contributed by atoms with Gasteiger partial charge < -0.3 is 14.4 Å². The molecule has 0 bridgehead atoms. The molecule has 0 aliphatic carbocycles. The summed E-state index contributed by atoms with van der Waals surface area (Å²) in [6.07, 6.45) is 5.19. The first-order valence-corrected chi connectivity index (χ1v) is 7.90. The maximum atomic E-state index is 12.9. The summed E-state index contributed by atoms with van der Waals surface area (Å²) < 4.78 is 13.3. The predicted octanol–water partition coefficient (Wildman–Crippen LogP) is 1.92. The topological polar surface area (TPSA) is 56.6 Å². The number of para-hydroxylation sites is 2. The number of aryl methyl sites for hydroxylation is 1. The van der Waals surface area contributed by atoms with Crippen molar-refractivity contribution in [1.29, 1.82) is 0 Å². The highest BCUT2D eigenvalue weighted by atomic mass is 16.6. The van der Waals surface area contributed by atoms with Gasteiger partial charge in [0, 0.05) is 25.4 Å². The first kappa shape index (κ1) is 14.1. The summed E-state index contributed by atoms with van der Waals surface area (Å²) in [7, 11) is 1.89. The zero-order valence-corrected chi connectivity index (χ0v) is 13.0. The molecule has 1 aromatic carbocycles. The van der Waals surface area contributed by atoms with Gasteiger partial charge in [0.1, 0.15) is 6.61 Å². The molecule has 23 heavy (non-hydrogen) atoms. The number of carbonyl (C=O) groups excluding carboxylic acids is 1. The van der Waals surface area contributed by atoms with Gasteiger partial charge in [-0.3, -0.25) is 9.48 Å². The van der Waals surface area contributed by atoms with Crippen LogP contribution >= 0.6 is 0 Å². The second-order valence-electron chi connectivity index (χ2n) is 6.00. The van der Waals surface area contributed by atoms with E-state index < -0.39 is 6.10 Å². The van der Waals surface area contributed by atoms with Crippen molar-refractivity contribution in [2.45, 2.75) is 25.0 Å². The lowest BCUT2D eigenvalue weighted by Gasteiger charge is -2.31. The zero-order chi connectivity index (χ0) is 15.8. The van der Waals surface area contributed by atoms with Gasteiger partial charge in [0.15, 0.2) is 11.5 Å². The average molecular weight is 313 g/mol. The van der Waals surface area contributed by atoms with Crippen molar-refractivity contribution in [3.63, 3.8) is 0 Å². The van der Waals surface area contributed by atoms with Gasteiger partial charge in [0.05, 0.1) is 12.2 Å². The van der Waals surface area contributed by atoms with E-state index >= 15 is 0 Å². The van der Waals surface area contributed by atoms with E-state index in [4.69, 9.17) is 9.47 Å². The van der Waals surface area contributed by atoms with Gasteiger partial charge in [-0.05, 0) is 25.0 Å². The molecule has 0 unspecified atom stereocenters. The molecule has 6 nitrogen and oxygen atoms in total. The average Bonchev–Trinajstić information content (AvgIpc) is 3.22. The van der Waals surface area contributed by atoms with Gasteiger partial charge in [-0.15, -0.1) is 0 Å². The van der Waals surface area contributed by atoms with E-state index in [1.807, 2.05) is 48.6 Å². The predicted molar refractivity (Wildman–Crippen MR) is 83.2 cm³/mol. The standard InChI is InChI=1S/C17H19N3O3/c1-19-10-12(9-18-19)13-5-4-8-20(13)17(21)16-11-22-14-6-2-3-7-15(14)23-16/h2-3,6-7,9-10,13,16H,4-5,8,11H2,1H3/t13-,16-/m0/s1. The highest BCUT2D eigenvalue weighted by molar-refractivity contribution is 5.82. The first-order chi connectivity index (χ1) is 11.2. The third kappa shape index (κ3) is 2.54. The molecule has 0 N–H and O–H groups in total. The summed E-state index contributed by atoms with van der Waals surface area (Å²) in [6, 6.07) is 7.53. The number of nitrogens with zero attached hydrogens (tertiary/aromatic N) is 3. The molecule has 120 valence electrons.